The highest BCUT2D eigenvalue weighted by atomic mass is 35.5. The van der Waals surface area contributed by atoms with Gasteiger partial charge in [-0.05, 0) is 25.1 Å². The topological polar surface area (TPSA) is 63.6 Å². The minimum Gasteiger partial charge on any atom is -0.482 e. The number of rotatable bonds is 5. The molecule has 8 heteroatoms. The summed E-state index contributed by atoms with van der Waals surface area (Å²) in [6, 6.07) is 8.31. The van der Waals surface area contributed by atoms with Crippen LogP contribution in [-0.2, 0) is 4.79 Å². The summed E-state index contributed by atoms with van der Waals surface area (Å²) in [5.74, 6) is -0.177. The van der Waals surface area contributed by atoms with Crippen LogP contribution in [0, 0.1) is 0 Å². The molecule has 2 rings (SSSR count). The van der Waals surface area contributed by atoms with Crippen LogP contribution < -0.4 is 10.2 Å². The molecule has 1 aromatic carbocycles. The highest BCUT2D eigenvalue weighted by Crippen LogP contribution is 2.33. The minimum atomic E-state index is -0.442. The highest BCUT2D eigenvalue weighted by molar-refractivity contribution is 6.43. The van der Waals surface area contributed by atoms with E-state index in [4.69, 9.17) is 39.5 Å². The molecule has 1 amide bonds. The zero-order chi connectivity index (χ0) is 16.8. The Morgan fingerprint density at radius 1 is 1.22 bits per heavy atom. The second-order valence-electron chi connectivity index (χ2n) is 4.43. The molecule has 23 heavy (non-hydrogen) atoms. The van der Waals surface area contributed by atoms with Gasteiger partial charge in [-0.25, -0.2) is 5.43 Å². The third kappa shape index (κ3) is 5.10. The monoisotopic (exact) mass is 371 g/mol. The predicted octanol–water partition coefficient (Wildman–Crippen LogP) is 3.96. The Kier molecular flexibility index (Phi) is 6.21. The van der Waals surface area contributed by atoms with E-state index in [9.17, 15) is 4.79 Å². The summed E-state index contributed by atoms with van der Waals surface area (Å²) >= 11 is 17.6. The normalized spacial score (nSPS) is 11.2. The van der Waals surface area contributed by atoms with Gasteiger partial charge in [0.2, 0.25) is 0 Å². The van der Waals surface area contributed by atoms with E-state index >= 15 is 0 Å². The van der Waals surface area contributed by atoms with Crippen LogP contribution in [0.3, 0.4) is 0 Å². The first kappa shape index (κ1) is 17.5. The molecule has 0 saturated carbocycles. The van der Waals surface area contributed by atoms with Crippen LogP contribution in [0.2, 0.25) is 15.1 Å². The van der Waals surface area contributed by atoms with E-state index in [1.807, 2.05) is 6.07 Å². The third-order valence-electron chi connectivity index (χ3n) is 2.72. The van der Waals surface area contributed by atoms with Crippen molar-refractivity contribution < 1.29 is 9.53 Å². The van der Waals surface area contributed by atoms with Gasteiger partial charge in [-0.1, -0.05) is 40.9 Å². The fourth-order valence-corrected chi connectivity index (χ4v) is 2.16. The molecule has 120 valence electrons. The number of ether oxygens (including phenoxy) is 1. The molecular formula is C15H12Cl3N3O2. The maximum absolute atomic E-state index is 11.7. The maximum Gasteiger partial charge on any atom is 0.277 e. The number of aromatic nitrogens is 1. The van der Waals surface area contributed by atoms with Crippen LogP contribution in [0.4, 0.5) is 0 Å². The highest BCUT2D eigenvalue weighted by Gasteiger charge is 2.09. The van der Waals surface area contributed by atoms with E-state index in [-0.39, 0.29) is 22.4 Å². The van der Waals surface area contributed by atoms with Crippen molar-refractivity contribution in [3.63, 3.8) is 0 Å². The summed E-state index contributed by atoms with van der Waals surface area (Å²) in [6.07, 6.45) is 1.64. The van der Waals surface area contributed by atoms with E-state index in [0.29, 0.717) is 16.4 Å². The van der Waals surface area contributed by atoms with Gasteiger partial charge in [0.05, 0.1) is 26.5 Å². The van der Waals surface area contributed by atoms with E-state index in [1.165, 1.54) is 12.1 Å². The van der Waals surface area contributed by atoms with Crippen molar-refractivity contribution in [1.29, 1.82) is 0 Å². The van der Waals surface area contributed by atoms with Gasteiger partial charge >= 0.3 is 0 Å². The summed E-state index contributed by atoms with van der Waals surface area (Å²) in [6.45, 7) is 1.47. The van der Waals surface area contributed by atoms with Crippen LogP contribution in [-0.4, -0.2) is 23.2 Å². The van der Waals surface area contributed by atoms with Crippen molar-refractivity contribution in [3.8, 4) is 5.75 Å². The van der Waals surface area contributed by atoms with E-state index in [2.05, 4.69) is 15.5 Å². The number of benzene rings is 1. The molecule has 5 nitrogen and oxygen atoms in total. The Balaban J connectivity index is 1.92. The number of hydrogen-bond donors (Lipinski definition) is 1. The number of halogens is 3. The summed E-state index contributed by atoms with van der Waals surface area (Å²) in [5.41, 5.74) is 3.62. The van der Waals surface area contributed by atoms with Gasteiger partial charge in [-0.2, -0.15) is 5.10 Å². The average molecular weight is 373 g/mol. The minimum absolute atomic E-state index is 0.264. The van der Waals surface area contributed by atoms with E-state index < -0.39 is 5.91 Å². The van der Waals surface area contributed by atoms with Crippen molar-refractivity contribution in [2.75, 3.05) is 6.61 Å². The molecule has 0 spiro atoms. The molecular weight excluding hydrogens is 361 g/mol. The van der Waals surface area contributed by atoms with Gasteiger partial charge in [-0.15, -0.1) is 0 Å². The number of hydrazone groups is 1. The van der Waals surface area contributed by atoms with Crippen molar-refractivity contribution in [1.82, 2.24) is 10.4 Å². The Labute approximate surface area is 148 Å². The Morgan fingerprint density at radius 2 is 1.96 bits per heavy atom. The molecule has 0 unspecified atom stereocenters. The smallest absolute Gasteiger partial charge is 0.277 e. The van der Waals surface area contributed by atoms with Gasteiger partial charge in [0.15, 0.2) is 6.61 Å². The quantitative estimate of drug-likeness (QED) is 0.491. The van der Waals surface area contributed by atoms with Gasteiger partial charge in [-0.3, -0.25) is 9.78 Å². The molecule has 0 radical (unpaired) electrons. The molecule has 0 aliphatic rings. The Morgan fingerprint density at radius 3 is 2.65 bits per heavy atom. The summed E-state index contributed by atoms with van der Waals surface area (Å²) in [7, 11) is 0. The molecule has 2 aromatic rings. The number of nitrogens with zero attached hydrogens (tertiary/aromatic N) is 2. The number of pyridine rings is 1. The molecule has 0 bridgehead atoms. The lowest BCUT2D eigenvalue weighted by Crippen LogP contribution is -2.25. The van der Waals surface area contributed by atoms with Crippen LogP contribution in [0.5, 0.6) is 5.75 Å². The van der Waals surface area contributed by atoms with Gasteiger partial charge in [0.1, 0.15) is 5.75 Å². The van der Waals surface area contributed by atoms with Gasteiger partial charge < -0.3 is 4.74 Å². The van der Waals surface area contributed by atoms with Crippen molar-refractivity contribution in [3.05, 3.63) is 57.3 Å². The Hall–Kier alpha value is -1.82. The number of carbonyl (C=O) groups is 1. The lowest BCUT2D eigenvalue weighted by Gasteiger charge is -2.08. The molecule has 0 aliphatic carbocycles. The predicted molar refractivity (Wildman–Crippen MR) is 91.6 cm³/mol. The zero-order valence-corrected chi connectivity index (χ0v) is 14.3. The molecule has 1 N–H and O–H groups in total. The zero-order valence-electron chi connectivity index (χ0n) is 12.0. The second kappa shape index (κ2) is 8.15. The average Bonchev–Trinajstić information content (AvgIpc) is 2.55. The molecule has 1 heterocycles. The van der Waals surface area contributed by atoms with E-state index in [0.717, 1.165) is 0 Å². The van der Waals surface area contributed by atoms with Crippen LogP contribution in [0.15, 0.2) is 41.6 Å². The molecule has 0 aliphatic heterocycles. The first-order valence-electron chi connectivity index (χ1n) is 6.49. The molecule has 0 saturated heterocycles. The van der Waals surface area contributed by atoms with Gasteiger partial charge in [0, 0.05) is 12.3 Å². The van der Waals surface area contributed by atoms with E-state index in [1.54, 1.807) is 25.3 Å². The summed E-state index contributed by atoms with van der Waals surface area (Å²) in [5, 5.41) is 4.82. The van der Waals surface area contributed by atoms with Crippen molar-refractivity contribution >= 4 is 46.4 Å². The SMILES string of the molecule is C/C(=N\NC(=O)COc1cc(Cl)c(Cl)cc1Cl)c1ccccn1. The summed E-state index contributed by atoms with van der Waals surface area (Å²) < 4.78 is 5.30. The largest absolute Gasteiger partial charge is 0.482 e. The first-order chi connectivity index (χ1) is 11.0. The van der Waals surface area contributed by atoms with Gasteiger partial charge in [0.25, 0.3) is 5.91 Å². The fourth-order valence-electron chi connectivity index (χ4n) is 1.57. The number of nitrogens with one attached hydrogen (secondary N) is 1. The maximum atomic E-state index is 11.7. The standard InChI is InChI=1S/C15H12Cl3N3O2/c1-9(13-4-2-3-5-19-13)20-21-15(22)8-23-14-7-11(17)10(16)6-12(14)18/h2-7H,8H2,1H3,(H,21,22)/b20-9+. The number of amides is 1. The van der Waals surface area contributed by atoms with Crippen molar-refractivity contribution in [2.45, 2.75) is 6.92 Å². The molecule has 0 atom stereocenters. The van der Waals surface area contributed by atoms with Crippen LogP contribution in [0.25, 0.3) is 0 Å². The molecule has 1 aromatic heterocycles. The third-order valence-corrected chi connectivity index (χ3v) is 3.73. The Bertz CT molecular complexity index is 736. The fraction of sp³-hybridized carbons (Fsp3) is 0.133. The summed E-state index contributed by atoms with van der Waals surface area (Å²) in [4.78, 5) is 15.9. The van der Waals surface area contributed by atoms with Crippen molar-refractivity contribution in [2.24, 2.45) is 5.10 Å². The lowest BCUT2D eigenvalue weighted by molar-refractivity contribution is -0.123. The first-order valence-corrected chi connectivity index (χ1v) is 7.62. The van der Waals surface area contributed by atoms with Crippen LogP contribution in [0.1, 0.15) is 12.6 Å². The van der Waals surface area contributed by atoms with Crippen LogP contribution >= 0.6 is 34.8 Å². The second-order valence-corrected chi connectivity index (χ2v) is 5.65. The number of carbonyl (C=O) groups excluding carboxylic acids is 1. The molecule has 0 fully saturated rings. The number of hydrogen-bond acceptors (Lipinski definition) is 4. The lowest BCUT2D eigenvalue weighted by atomic mass is 10.3.